The molecular formula is C26H23N3O5. The zero-order valence-electron chi connectivity index (χ0n) is 18.5. The lowest BCUT2D eigenvalue weighted by molar-refractivity contribution is 0.174. The molecule has 0 atom stereocenters. The Labute approximate surface area is 195 Å². The summed E-state index contributed by atoms with van der Waals surface area (Å²) in [6.45, 7) is 0.564. The smallest absolute Gasteiger partial charge is 0.322 e. The molecule has 2 heterocycles. The predicted octanol–water partition coefficient (Wildman–Crippen LogP) is 4.50. The molecule has 0 saturated carbocycles. The first kappa shape index (κ1) is 21.4. The van der Waals surface area contributed by atoms with E-state index in [1.807, 2.05) is 60.7 Å². The fourth-order valence-corrected chi connectivity index (χ4v) is 3.86. The minimum absolute atomic E-state index is 0.115. The molecule has 34 heavy (non-hydrogen) atoms. The minimum atomic E-state index is -0.321. The van der Waals surface area contributed by atoms with Gasteiger partial charge in [-0.25, -0.2) is 4.79 Å². The summed E-state index contributed by atoms with van der Waals surface area (Å²) in [4.78, 5) is 30.6. The number of pyridine rings is 1. The van der Waals surface area contributed by atoms with Gasteiger partial charge in [-0.2, -0.15) is 0 Å². The molecular weight excluding hydrogens is 434 g/mol. The molecule has 0 unspecified atom stereocenters. The molecule has 172 valence electrons. The number of anilines is 1. The van der Waals surface area contributed by atoms with Crippen molar-refractivity contribution in [2.45, 2.75) is 13.1 Å². The van der Waals surface area contributed by atoms with Crippen LogP contribution in [0.5, 0.6) is 17.2 Å². The van der Waals surface area contributed by atoms with Gasteiger partial charge in [0.15, 0.2) is 11.5 Å². The monoisotopic (exact) mass is 457 g/mol. The molecule has 4 aromatic rings. The number of fused-ring (bicyclic) bond motifs is 2. The largest absolute Gasteiger partial charge is 0.497 e. The number of aromatic nitrogens is 1. The predicted molar refractivity (Wildman–Crippen MR) is 128 cm³/mol. The summed E-state index contributed by atoms with van der Waals surface area (Å²) < 4.78 is 16.1. The van der Waals surface area contributed by atoms with Gasteiger partial charge in [0.05, 0.1) is 19.2 Å². The Kier molecular flexibility index (Phi) is 5.78. The highest BCUT2D eigenvalue weighted by Gasteiger charge is 2.20. The van der Waals surface area contributed by atoms with Crippen molar-refractivity contribution in [2.75, 3.05) is 19.2 Å². The van der Waals surface area contributed by atoms with Crippen LogP contribution in [0.4, 0.5) is 10.5 Å². The Hall–Kier alpha value is -4.46. The molecule has 0 saturated heterocycles. The highest BCUT2D eigenvalue weighted by molar-refractivity contribution is 5.89. The Morgan fingerprint density at radius 2 is 1.82 bits per heavy atom. The van der Waals surface area contributed by atoms with Gasteiger partial charge in [0.25, 0.3) is 5.56 Å². The number of rotatable bonds is 6. The number of para-hydroxylation sites is 1. The molecule has 1 aromatic heterocycles. The zero-order chi connectivity index (χ0) is 23.5. The lowest BCUT2D eigenvalue weighted by Gasteiger charge is -2.23. The van der Waals surface area contributed by atoms with Crippen molar-refractivity contribution in [2.24, 2.45) is 0 Å². The van der Waals surface area contributed by atoms with Crippen LogP contribution < -0.4 is 25.1 Å². The van der Waals surface area contributed by atoms with Gasteiger partial charge in [0, 0.05) is 23.9 Å². The Morgan fingerprint density at radius 1 is 1.00 bits per heavy atom. The van der Waals surface area contributed by atoms with Crippen LogP contribution in [0.3, 0.4) is 0 Å². The van der Waals surface area contributed by atoms with Gasteiger partial charge in [0.2, 0.25) is 6.79 Å². The van der Waals surface area contributed by atoms with Crippen LogP contribution in [0, 0.1) is 0 Å². The van der Waals surface area contributed by atoms with Crippen LogP contribution in [0.25, 0.3) is 10.9 Å². The molecule has 2 N–H and O–H groups in total. The number of carbonyl (C=O) groups is 1. The summed E-state index contributed by atoms with van der Waals surface area (Å²) in [6.07, 6.45) is 0. The molecule has 0 spiro atoms. The van der Waals surface area contributed by atoms with Gasteiger partial charge in [0.1, 0.15) is 5.75 Å². The number of hydrogen-bond donors (Lipinski definition) is 2. The van der Waals surface area contributed by atoms with Gasteiger partial charge in [-0.15, -0.1) is 0 Å². The van der Waals surface area contributed by atoms with E-state index in [0.29, 0.717) is 34.0 Å². The average molecular weight is 457 g/mol. The van der Waals surface area contributed by atoms with Crippen molar-refractivity contribution >= 4 is 22.6 Å². The molecule has 1 aliphatic rings. The van der Waals surface area contributed by atoms with E-state index in [1.165, 1.54) is 0 Å². The Morgan fingerprint density at radius 3 is 2.65 bits per heavy atom. The number of carbonyl (C=O) groups excluding carboxylic acids is 1. The molecule has 0 bridgehead atoms. The third kappa shape index (κ3) is 4.52. The lowest BCUT2D eigenvalue weighted by Crippen LogP contribution is -2.35. The number of amides is 2. The molecule has 0 aliphatic carbocycles. The van der Waals surface area contributed by atoms with E-state index < -0.39 is 0 Å². The third-order valence-electron chi connectivity index (χ3n) is 5.61. The summed E-state index contributed by atoms with van der Waals surface area (Å²) in [5, 5.41) is 3.76. The van der Waals surface area contributed by atoms with E-state index in [9.17, 15) is 9.59 Å². The quantitative estimate of drug-likeness (QED) is 0.445. The summed E-state index contributed by atoms with van der Waals surface area (Å²) in [7, 11) is 1.58. The topological polar surface area (TPSA) is 92.9 Å². The summed E-state index contributed by atoms with van der Waals surface area (Å²) in [6, 6.07) is 21.7. The Balaban J connectivity index is 1.45. The molecule has 0 radical (unpaired) electrons. The zero-order valence-corrected chi connectivity index (χ0v) is 18.5. The molecule has 2 amide bonds. The number of benzene rings is 3. The third-order valence-corrected chi connectivity index (χ3v) is 5.61. The van der Waals surface area contributed by atoms with Crippen molar-refractivity contribution in [3.05, 3.63) is 94.3 Å². The van der Waals surface area contributed by atoms with Gasteiger partial charge in [-0.1, -0.05) is 24.3 Å². The normalized spacial score (nSPS) is 11.9. The van der Waals surface area contributed by atoms with E-state index in [2.05, 4.69) is 10.3 Å². The van der Waals surface area contributed by atoms with Gasteiger partial charge in [-0.3, -0.25) is 4.79 Å². The van der Waals surface area contributed by atoms with Crippen LogP contribution in [0.1, 0.15) is 11.1 Å². The number of hydrogen-bond acceptors (Lipinski definition) is 5. The average Bonchev–Trinajstić information content (AvgIpc) is 3.32. The van der Waals surface area contributed by atoms with Crippen molar-refractivity contribution in [3.63, 3.8) is 0 Å². The molecule has 0 fully saturated rings. The number of H-pyrrole nitrogens is 1. The summed E-state index contributed by atoms with van der Waals surface area (Å²) in [5.41, 5.74) is 2.41. The van der Waals surface area contributed by atoms with Crippen LogP contribution in [-0.2, 0) is 13.1 Å². The first-order valence-corrected chi connectivity index (χ1v) is 10.8. The molecule has 1 aliphatic heterocycles. The lowest BCUT2D eigenvalue weighted by atomic mass is 10.1. The fraction of sp³-hybridized carbons (Fsp3) is 0.154. The highest BCUT2D eigenvalue weighted by Crippen LogP contribution is 2.33. The van der Waals surface area contributed by atoms with Crippen LogP contribution in [0.15, 0.2) is 77.6 Å². The second-order valence-electron chi connectivity index (χ2n) is 7.92. The van der Waals surface area contributed by atoms with E-state index in [0.717, 1.165) is 10.9 Å². The number of aromatic amines is 1. The molecule has 3 aromatic carbocycles. The summed E-state index contributed by atoms with van der Waals surface area (Å²) >= 11 is 0. The SMILES string of the molecule is COc1ccc2cc(CN(Cc3ccc4c(c3)OCO4)C(=O)Nc3ccccc3)c(=O)[nH]c2c1. The summed E-state index contributed by atoms with van der Waals surface area (Å²) in [5.74, 6) is 1.96. The number of ether oxygens (including phenoxy) is 3. The minimum Gasteiger partial charge on any atom is -0.497 e. The number of urea groups is 1. The first-order chi connectivity index (χ1) is 16.6. The van der Waals surface area contributed by atoms with Gasteiger partial charge < -0.3 is 29.4 Å². The molecule has 5 rings (SSSR count). The number of nitrogens with zero attached hydrogens (tertiary/aromatic N) is 1. The highest BCUT2D eigenvalue weighted by atomic mass is 16.7. The van der Waals surface area contributed by atoms with E-state index in [-0.39, 0.29) is 31.5 Å². The van der Waals surface area contributed by atoms with E-state index >= 15 is 0 Å². The number of nitrogens with one attached hydrogen (secondary N) is 2. The second-order valence-corrected chi connectivity index (χ2v) is 7.92. The maximum atomic E-state index is 13.2. The molecule has 8 nitrogen and oxygen atoms in total. The van der Waals surface area contributed by atoms with Crippen LogP contribution >= 0.6 is 0 Å². The fourth-order valence-electron chi connectivity index (χ4n) is 3.86. The maximum absolute atomic E-state index is 13.2. The molecule has 8 heteroatoms. The first-order valence-electron chi connectivity index (χ1n) is 10.8. The van der Waals surface area contributed by atoms with Crippen molar-refractivity contribution in [1.82, 2.24) is 9.88 Å². The van der Waals surface area contributed by atoms with E-state index in [1.54, 1.807) is 24.1 Å². The van der Waals surface area contributed by atoms with Crippen molar-refractivity contribution in [1.29, 1.82) is 0 Å². The second kappa shape index (κ2) is 9.19. The van der Waals surface area contributed by atoms with Gasteiger partial charge in [-0.05, 0) is 53.4 Å². The Bertz CT molecular complexity index is 1400. The van der Waals surface area contributed by atoms with Crippen LogP contribution in [-0.4, -0.2) is 29.8 Å². The van der Waals surface area contributed by atoms with Crippen LogP contribution in [0.2, 0.25) is 0 Å². The number of methoxy groups -OCH3 is 1. The standard InChI is InChI=1S/C26H23N3O5/c1-32-21-9-8-18-12-19(25(30)28-22(18)13-21)15-29(26(31)27-20-5-3-2-4-6-20)14-17-7-10-23-24(11-17)34-16-33-23/h2-13H,14-16H2,1H3,(H,27,31)(H,28,30). The van der Waals surface area contributed by atoms with Gasteiger partial charge >= 0.3 is 6.03 Å². The van der Waals surface area contributed by atoms with Crippen molar-refractivity contribution < 1.29 is 19.0 Å². The van der Waals surface area contributed by atoms with Crippen molar-refractivity contribution in [3.8, 4) is 17.2 Å². The maximum Gasteiger partial charge on any atom is 0.322 e. The van der Waals surface area contributed by atoms with E-state index in [4.69, 9.17) is 14.2 Å².